The van der Waals surface area contributed by atoms with Gasteiger partial charge in [0, 0.05) is 19.5 Å². The van der Waals surface area contributed by atoms with Crippen molar-refractivity contribution in [2.24, 2.45) is 5.73 Å². The molecule has 0 radical (unpaired) electrons. The third-order valence-electron chi connectivity index (χ3n) is 2.17. The molecule has 0 heterocycles. The van der Waals surface area contributed by atoms with Gasteiger partial charge in [0.15, 0.2) is 0 Å². The zero-order chi connectivity index (χ0) is 11.6. The fourth-order valence-corrected chi connectivity index (χ4v) is 1.33. The molecule has 1 aliphatic carbocycles. The number of carbonyl (C=O) groups excluding carboxylic acids is 1. The summed E-state index contributed by atoms with van der Waals surface area (Å²) in [7, 11) is 0. The van der Waals surface area contributed by atoms with Gasteiger partial charge in [-0.2, -0.15) is 0 Å². The first-order valence-electron chi connectivity index (χ1n) is 5.50. The average Bonchev–Trinajstić information content (AvgIpc) is 2.25. The lowest BCUT2D eigenvalue weighted by molar-refractivity contribution is -0.120. The van der Waals surface area contributed by atoms with Crippen LogP contribution in [0.3, 0.4) is 0 Å². The van der Waals surface area contributed by atoms with Crippen LogP contribution in [0, 0.1) is 0 Å². The van der Waals surface area contributed by atoms with Gasteiger partial charge < -0.3 is 11.1 Å². The van der Waals surface area contributed by atoms with Crippen molar-refractivity contribution in [2.45, 2.75) is 12.8 Å². The molecule has 16 heavy (non-hydrogen) atoms. The van der Waals surface area contributed by atoms with Gasteiger partial charge in [-0.1, -0.05) is 42.5 Å². The Balaban J connectivity index is 2.34. The molecule has 3 nitrogen and oxygen atoms in total. The summed E-state index contributed by atoms with van der Waals surface area (Å²) in [6.45, 7) is 1.04. The number of hydrogen-bond acceptors (Lipinski definition) is 2. The van der Waals surface area contributed by atoms with Crippen LogP contribution >= 0.6 is 0 Å². The molecule has 0 aromatic rings. The zero-order valence-corrected chi connectivity index (χ0v) is 9.36. The molecule has 0 spiro atoms. The second kappa shape index (κ2) is 7.65. The van der Waals surface area contributed by atoms with Crippen LogP contribution in [0.1, 0.15) is 12.8 Å². The van der Waals surface area contributed by atoms with Crippen molar-refractivity contribution in [1.82, 2.24) is 5.32 Å². The average molecular weight is 218 g/mol. The molecule has 0 bridgehead atoms. The van der Waals surface area contributed by atoms with Gasteiger partial charge in [0.2, 0.25) is 5.91 Å². The summed E-state index contributed by atoms with van der Waals surface area (Å²) < 4.78 is 0. The van der Waals surface area contributed by atoms with Gasteiger partial charge in [0.1, 0.15) is 0 Å². The van der Waals surface area contributed by atoms with Crippen LogP contribution in [-0.4, -0.2) is 19.0 Å². The lowest BCUT2D eigenvalue weighted by Gasteiger charge is -2.04. The Labute approximate surface area is 96.4 Å². The van der Waals surface area contributed by atoms with Crippen LogP contribution < -0.4 is 11.1 Å². The van der Waals surface area contributed by atoms with E-state index in [0.29, 0.717) is 19.5 Å². The van der Waals surface area contributed by atoms with E-state index in [2.05, 4.69) is 5.32 Å². The molecule has 0 aromatic carbocycles. The van der Waals surface area contributed by atoms with E-state index in [9.17, 15) is 4.79 Å². The Kier molecular flexibility index (Phi) is 5.96. The third-order valence-corrected chi connectivity index (χ3v) is 2.17. The van der Waals surface area contributed by atoms with E-state index in [-0.39, 0.29) is 5.91 Å². The van der Waals surface area contributed by atoms with Crippen LogP contribution in [0.15, 0.2) is 48.1 Å². The topological polar surface area (TPSA) is 55.1 Å². The normalized spacial score (nSPS) is 14.2. The molecule has 1 amide bonds. The lowest BCUT2D eigenvalue weighted by atomic mass is 10.1. The third kappa shape index (κ3) is 5.32. The quantitative estimate of drug-likeness (QED) is 0.734. The van der Waals surface area contributed by atoms with Crippen LogP contribution in [-0.2, 0) is 4.79 Å². The number of amides is 1. The second-order valence-electron chi connectivity index (χ2n) is 3.51. The maximum atomic E-state index is 11.3. The van der Waals surface area contributed by atoms with Crippen LogP contribution in [0.4, 0.5) is 0 Å². The van der Waals surface area contributed by atoms with E-state index in [1.54, 1.807) is 0 Å². The van der Waals surface area contributed by atoms with Gasteiger partial charge in [-0.15, -0.1) is 0 Å². The highest BCUT2D eigenvalue weighted by molar-refractivity contribution is 5.76. The summed E-state index contributed by atoms with van der Waals surface area (Å²) in [5, 5.41) is 2.75. The number of rotatable bonds is 5. The lowest BCUT2D eigenvalue weighted by Crippen LogP contribution is -2.28. The molecule has 3 heteroatoms. The highest BCUT2D eigenvalue weighted by Crippen LogP contribution is 2.08. The summed E-state index contributed by atoms with van der Waals surface area (Å²) in [6.07, 6.45) is 15.2. The Morgan fingerprint density at radius 1 is 1.19 bits per heavy atom. The SMILES string of the molecule is NCCNC(=O)CCC1=CC=CC=CC=C1. The molecule has 1 aliphatic rings. The van der Waals surface area contributed by atoms with Crippen LogP contribution in [0.2, 0.25) is 0 Å². The molecule has 0 aliphatic heterocycles. The van der Waals surface area contributed by atoms with E-state index < -0.39 is 0 Å². The van der Waals surface area contributed by atoms with Gasteiger partial charge in [0.25, 0.3) is 0 Å². The molecule has 86 valence electrons. The van der Waals surface area contributed by atoms with Crippen molar-refractivity contribution >= 4 is 5.91 Å². The van der Waals surface area contributed by atoms with Gasteiger partial charge >= 0.3 is 0 Å². The number of allylic oxidation sites excluding steroid dienone is 8. The minimum atomic E-state index is 0.0568. The molecule has 0 saturated carbocycles. The first-order valence-corrected chi connectivity index (χ1v) is 5.50. The molecule has 0 fully saturated rings. The minimum absolute atomic E-state index is 0.0568. The Bertz CT molecular complexity index is 338. The van der Waals surface area contributed by atoms with Crippen LogP contribution in [0.25, 0.3) is 0 Å². The number of nitrogens with one attached hydrogen (secondary N) is 1. The summed E-state index contributed by atoms with van der Waals surface area (Å²) in [6, 6.07) is 0. The number of nitrogens with two attached hydrogens (primary N) is 1. The number of carbonyl (C=O) groups is 1. The minimum Gasteiger partial charge on any atom is -0.355 e. The van der Waals surface area contributed by atoms with E-state index in [4.69, 9.17) is 5.73 Å². The predicted octanol–water partition coefficient (Wildman–Crippen LogP) is 1.45. The summed E-state index contributed by atoms with van der Waals surface area (Å²) in [4.78, 5) is 11.3. The molecular weight excluding hydrogens is 200 g/mol. The van der Waals surface area contributed by atoms with E-state index >= 15 is 0 Å². The van der Waals surface area contributed by atoms with E-state index in [1.807, 2.05) is 42.5 Å². The molecular formula is C13H18N2O. The molecule has 0 saturated heterocycles. The molecule has 0 aromatic heterocycles. The first kappa shape index (κ1) is 12.5. The van der Waals surface area contributed by atoms with Crippen molar-refractivity contribution in [3.63, 3.8) is 0 Å². The maximum Gasteiger partial charge on any atom is 0.220 e. The van der Waals surface area contributed by atoms with Crippen molar-refractivity contribution in [3.05, 3.63) is 48.1 Å². The Hall–Kier alpha value is -1.61. The summed E-state index contributed by atoms with van der Waals surface area (Å²) >= 11 is 0. The summed E-state index contributed by atoms with van der Waals surface area (Å²) in [5.41, 5.74) is 6.46. The zero-order valence-electron chi connectivity index (χ0n) is 9.36. The predicted molar refractivity (Wildman–Crippen MR) is 66.8 cm³/mol. The fourth-order valence-electron chi connectivity index (χ4n) is 1.33. The van der Waals surface area contributed by atoms with Crippen molar-refractivity contribution in [2.75, 3.05) is 13.1 Å². The Morgan fingerprint density at radius 3 is 2.75 bits per heavy atom. The highest BCUT2D eigenvalue weighted by Gasteiger charge is 2.01. The van der Waals surface area contributed by atoms with Crippen molar-refractivity contribution < 1.29 is 4.79 Å². The van der Waals surface area contributed by atoms with Crippen molar-refractivity contribution in [1.29, 1.82) is 0 Å². The van der Waals surface area contributed by atoms with Gasteiger partial charge in [-0.05, 0) is 12.0 Å². The second-order valence-corrected chi connectivity index (χ2v) is 3.51. The van der Waals surface area contributed by atoms with Crippen molar-refractivity contribution in [3.8, 4) is 0 Å². The Morgan fingerprint density at radius 2 is 1.94 bits per heavy atom. The molecule has 1 rings (SSSR count). The largest absolute Gasteiger partial charge is 0.355 e. The molecule has 0 unspecified atom stereocenters. The summed E-state index contributed by atoms with van der Waals surface area (Å²) in [5.74, 6) is 0.0568. The fraction of sp³-hybridized carbons (Fsp3) is 0.308. The van der Waals surface area contributed by atoms with Gasteiger partial charge in [-0.25, -0.2) is 0 Å². The highest BCUT2D eigenvalue weighted by atomic mass is 16.1. The van der Waals surface area contributed by atoms with Gasteiger partial charge in [-0.3, -0.25) is 4.79 Å². The van der Waals surface area contributed by atoms with Crippen LogP contribution in [0.5, 0.6) is 0 Å². The molecule has 3 N–H and O–H groups in total. The van der Waals surface area contributed by atoms with E-state index in [1.165, 1.54) is 0 Å². The molecule has 0 atom stereocenters. The standard InChI is InChI=1S/C13H18N2O/c14-10-11-15-13(16)9-8-12-6-4-2-1-3-5-7-12/h1-7H,8-11,14H2,(H,15,16). The first-order chi connectivity index (χ1) is 7.83. The van der Waals surface area contributed by atoms with Gasteiger partial charge in [0.05, 0.1) is 0 Å². The van der Waals surface area contributed by atoms with E-state index in [0.717, 1.165) is 12.0 Å². The number of hydrogen-bond donors (Lipinski definition) is 2. The monoisotopic (exact) mass is 218 g/mol. The maximum absolute atomic E-state index is 11.3. The smallest absolute Gasteiger partial charge is 0.220 e.